The van der Waals surface area contributed by atoms with Gasteiger partial charge in [-0.2, -0.15) is 0 Å². The molecule has 1 aliphatic carbocycles. The molecule has 1 aliphatic rings. The number of nitrogens with one attached hydrogen (secondary N) is 2. The third-order valence-electron chi connectivity index (χ3n) is 3.78. The Hall–Kier alpha value is -0.570. The number of hydrogen-bond acceptors (Lipinski definition) is 2. The van der Waals surface area contributed by atoms with Crippen LogP contribution >= 0.6 is 0 Å². The second-order valence-electron chi connectivity index (χ2n) is 5.83. The second kappa shape index (κ2) is 7.70. The van der Waals surface area contributed by atoms with Gasteiger partial charge in [0, 0.05) is 6.54 Å². The van der Waals surface area contributed by atoms with Crippen LogP contribution in [0.25, 0.3) is 0 Å². The van der Waals surface area contributed by atoms with Crippen LogP contribution in [0.4, 0.5) is 0 Å². The summed E-state index contributed by atoms with van der Waals surface area (Å²) >= 11 is 0. The standard InChI is InChI=1S/C14H28N2O/c1-11(2)7-8-16-14(17)10-15-9-13-6-4-5-12(13)3/h11-13,15H,4-10H2,1-3H3,(H,16,17). The van der Waals surface area contributed by atoms with Crippen molar-refractivity contribution in [3.63, 3.8) is 0 Å². The molecular weight excluding hydrogens is 212 g/mol. The quantitative estimate of drug-likeness (QED) is 0.716. The van der Waals surface area contributed by atoms with Crippen molar-refractivity contribution in [3.05, 3.63) is 0 Å². The zero-order valence-electron chi connectivity index (χ0n) is 11.6. The van der Waals surface area contributed by atoms with Crippen molar-refractivity contribution in [2.24, 2.45) is 17.8 Å². The molecule has 0 bridgehead atoms. The van der Waals surface area contributed by atoms with Gasteiger partial charge in [-0.15, -0.1) is 0 Å². The van der Waals surface area contributed by atoms with Gasteiger partial charge >= 0.3 is 0 Å². The zero-order chi connectivity index (χ0) is 12.7. The molecular formula is C14H28N2O. The van der Waals surface area contributed by atoms with Gasteiger partial charge in [-0.3, -0.25) is 4.79 Å². The first-order chi connectivity index (χ1) is 8.09. The second-order valence-corrected chi connectivity index (χ2v) is 5.83. The number of carbonyl (C=O) groups excluding carboxylic acids is 1. The molecule has 0 aromatic rings. The summed E-state index contributed by atoms with van der Waals surface area (Å²) in [5, 5.41) is 6.23. The summed E-state index contributed by atoms with van der Waals surface area (Å²) in [7, 11) is 0. The Morgan fingerprint density at radius 1 is 1.35 bits per heavy atom. The molecule has 2 unspecified atom stereocenters. The maximum Gasteiger partial charge on any atom is 0.233 e. The van der Waals surface area contributed by atoms with Crippen molar-refractivity contribution in [2.75, 3.05) is 19.6 Å². The highest BCUT2D eigenvalue weighted by Crippen LogP contribution is 2.30. The summed E-state index contributed by atoms with van der Waals surface area (Å²) in [6, 6.07) is 0. The molecule has 0 saturated heterocycles. The molecule has 2 atom stereocenters. The topological polar surface area (TPSA) is 41.1 Å². The molecule has 0 aromatic carbocycles. The highest BCUT2D eigenvalue weighted by molar-refractivity contribution is 5.77. The lowest BCUT2D eigenvalue weighted by Crippen LogP contribution is -2.37. The zero-order valence-corrected chi connectivity index (χ0v) is 11.6. The first kappa shape index (κ1) is 14.5. The number of amides is 1. The van der Waals surface area contributed by atoms with E-state index in [1.165, 1.54) is 19.3 Å². The van der Waals surface area contributed by atoms with Crippen LogP contribution in [0.3, 0.4) is 0 Å². The molecule has 1 saturated carbocycles. The highest BCUT2D eigenvalue weighted by Gasteiger charge is 2.22. The fraction of sp³-hybridized carbons (Fsp3) is 0.929. The van der Waals surface area contributed by atoms with E-state index in [4.69, 9.17) is 0 Å². The van der Waals surface area contributed by atoms with E-state index < -0.39 is 0 Å². The van der Waals surface area contributed by atoms with Crippen LogP contribution in [0.2, 0.25) is 0 Å². The van der Waals surface area contributed by atoms with Gasteiger partial charge in [-0.25, -0.2) is 0 Å². The molecule has 0 radical (unpaired) electrons. The van der Waals surface area contributed by atoms with Crippen molar-refractivity contribution in [3.8, 4) is 0 Å². The molecule has 1 rings (SSSR count). The van der Waals surface area contributed by atoms with Crippen molar-refractivity contribution >= 4 is 5.91 Å². The predicted molar refractivity (Wildman–Crippen MR) is 71.8 cm³/mol. The Kier molecular flexibility index (Phi) is 6.56. The van der Waals surface area contributed by atoms with E-state index in [1.807, 2.05) is 0 Å². The molecule has 0 spiro atoms. The molecule has 1 fully saturated rings. The lowest BCUT2D eigenvalue weighted by molar-refractivity contribution is -0.120. The summed E-state index contributed by atoms with van der Waals surface area (Å²) in [6.07, 6.45) is 5.09. The van der Waals surface area contributed by atoms with Gasteiger partial charge < -0.3 is 10.6 Å². The normalized spacial score (nSPS) is 24.2. The Morgan fingerprint density at radius 3 is 2.71 bits per heavy atom. The van der Waals surface area contributed by atoms with Gasteiger partial charge in [0.15, 0.2) is 0 Å². The van der Waals surface area contributed by atoms with Crippen LogP contribution in [0.5, 0.6) is 0 Å². The van der Waals surface area contributed by atoms with Gasteiger partial charge in [0.05, 0.1) is 6.54 Å². The number of carbonyl (C=O) groups is 1. The fourth-order valence-electron chi connectivity index (χ4n) is 2.46. The third-order valence-corrected chi connectivity index (χ3v) is 3.78. The Balaban J connectivity index is 2.00. The van der Waals surface area contributed by atoms with Gasteiger partial charge in [0.1, 0.15) is 0 Å². The van der Waals surface area contributed by atoms with Gasteiger partial charge in [-0.05, 0) is 37.1 Å². The first-order valence-corrected chi connectivity index (χ1v) is 7.07. The lowest BCUT2D eigenvalue weighted by Gasteiger charge is -2.15. The summed E-state index contributed by atoms with van der Waals surface area (Å²) in [5.74, 6) is 2.39. The Labute approximate surface area is 106 Å². The van der Waals surface area contributed by atoms with Gasteiger partial charge in [-0.1, -0.05) is 33.6 Å². The maximum absolute atomic E-state index is 11.5. The molecule has 0 heterocycles. The van der Waals surface area contributed by atoms with Crippen LogP contribution in [0.15, 0.2) is 0 Å². The molecule has 100 valence electrons. The maximum atomic E-state index is 11.5. The molecule has 3 nitrogen and oxygen atoms in total. The van der Waals surface area contributed by atoms with Gasteiger partial charge in [0.25, 0.3) is 0 Å². The van der Waals surface area contributed by atoms with Crippen molar-refractivity contribution in [1.29, 1.82) is 0 Å². The smallest absolute Gasteiger partial charge is 0.233 e. The summed E-state index contributed by atoms with van der Waals surface area (Å²) in [4.78, 5) is 11.5. The molecule has 1 amide bonds. The Morgan fingerprint density at radius 2 is 2.12 bits per heavy atom. The van der Waals surface area contributed by atoms with Crippen molar-refractivity contribution in [2.45, 2.75) is 46.5 Å². The highest BCUT2D eigenvalue weighted by atomic mass is 16.1. The number of rotatable bonds is 7. The minimum Gasteiger partial charge on any atom is -0.355 e. The lowest BCUT2D eigenvalue weighted by atomic mass is 9.98. The van der Waals surface area contributed by atoms with Crippen LogP contribution in [-0.4, -0.2) is 25.5 Å². The van der Waals surface area contributed by atoms with Gasteiger partial charge in [0.2, 0.25) is 5.91 Å². The molecule has 0 aromatic heterocycles. The van der Waals surface area contributed by atoms with E-state index >= 15 is 0 Å². The summed E-state index contributed by atoms with van der Waals surface area (Å²) in [6.45, 7) is 8.94. The third kappa shape index (κ3) is 6.06. The van der Waals surface area contributed by atoms with E-state index in [2.05, 4.69) is 31.4 Å². The van der Waals surface area contributed by atoms with E-state index in [-0.39, 0.29) is 5.91 Å². The molecule has 0 aliphatic heterocycles. The number of hydrogen-bond donors (Lipinski definition) is 2. The average Bonchev–Trinajstić information content (AvgIpc) is 2.64. The fourth-order valence-corrected chi connectivity index (χ4v) is 2.46. The van der Waals surface area contributed by atoms with Crippen LogP contribution in [-0.2, 0) is 4.79 Å². The Bertz CT molecular complexity index is 228. The van der Waals surface area contributed by atoms with E-state index in [9.17, 15) is 4.79 Å². The van der Waals surface area contributed by atoms with Crippen LogP contribution in [0, 0.1) is 17.8 Å². The largest absolute Gasteiger partial charge is 0.355 e. The molecule has 3 heteroatoms. The average molecular weight is 240 g/mol. The summed E-state index contributed by atoms with van der Waals surface area (Å²) in [5.41, 5.74) is 0. The summed E-state index contributed by atoms with van der Waals surface area (Å²) < 4.78 is 0. The van der Waals surface area contributed by atoms with Crippen LogP contribution in [0.1, 0.15) is 46.5 Å². The van der Waals surface area contributed by atoms with Crippen molar-refractivity contribution < 1.29 is 4.79 Å². The van der Waals surface area contributed by atoms with E-state index in [1.54, 1.807) is 0 Å². The SMILES string of the molecule is CC(C)CCNC(=O)CNCC1CCCC1C. The van der Waals surface area contributed by atoms with E-state index in [0.717, 1.165) is 31.3 Å². The minimum atomic E-state index is 0.135. The first-order valence-electron chi connectivity index (χ1n) is 7.07. The molecule has 2 N–H and O–H groups in total. The van der Waals surface area contributed by atoms with Crippen molar-refractivity contribution in [1.82, 2.24) is 10.6 Å². The monoisotopic (exact) mass is 240 g/mol. The molecule has 17 heavy (non-hydrogen) atoms. The predicted octanol–water partition coefficient (Wildman–Crippen LogP) is 2.17. The van der Waals surface area contributed by atoms with Crippen LogP contribution < -0.4 is 10.6 Å². The minimum absolute atomic E-state index is 0.135. The van der Waals surface area contributed by atoms with E-state index in [0.29, 0.717) is 12.5 Å².